The molecule has 0 saturated carbocycles. The molecule has 0 heterocycles. The van der Waals surface area contributed by atoms with E-state index in [-0.39, 0.29) is 17.5 Å². The maximum Gasteiger partial charge on any atom is 0.328 e. The molecule has 0 spiro atoms. The van der Waals surface area contributed by atoms with Gasteiger partial charge in [-0.3, -0.25) is 4.79 Å². The standard InChI is InChI=1S/C22H30O4/c1-15(8-7-9-16(2)12-21(24)25)10-11-20-17(3)13-19(26-18(4)23)14-22(20,5)6/h7-12,19H,13-14H2,1-6H3,(H,24,25)/t19-/m1/s1. The zero-order chi connectivity index (χ0) is 19.9. The summed E-state index contributed by atoms with van der Waals surface area (Å²) < 4.78 is 5.41. The molecule has 26 heavy (non-hydrogen) atoms. The molecule has 0 aromatic heterocycles. The van der Waals surface area contributed by atoms with Crippen LogP contribution in [0.15, 0.2) is 58.7 Å². The molecule has 1 N–H and O–H groups in total. The smallest absolute Gasteiger partial charge is 0.328 e. The van der Waals surface area contributed by atoms with Crippen LogP contribution in [0, 0.1) is 5.41 Å². The third-order valence-electron chi connectivity index (χ3n) is 4.38. The van der Waals surface area contributed by atoms with Crippen molar-refractivity contribution in [2.45, 2.75) is 60.5 Å². The van der Waals surface area contributed by atoms with Crippen LogP contribution in [0.1, 0.15) is 54.4 Å². The molecule has 0 fully saturated rings. The minimum absolute atomic E-state index is 0.0526. The van der Waals surface area contributed by atoms with Gasteiger partial charge in [0.2, 0.25) is 0 Å². The minimum Gasteiger partial charge on any atom is -0.478 e. The SMILES string of the molecule is CC(=O)O[C@@H]1CC(C)=C(C=CC(C)=CC=CC(C)=CC(=O)O)C(C)(C)C1. The van der Waals surface area contributed by atoms with Gasteiger partial charge >= 0.3 is 11.9 Å². The van der Waals surface area contributed by atoms with Crippen molar-refractivity contribution in [3.05, 3.63) is 58.7 Å². The van der Waals surface area contributed by atoms with Gasteiger partial charge in [-0.25, -0.2) is 4.79 Å². The summed E-state index contributed by atoms with van der Waals surface area (Å²) in [6.07, 6.45) is 12.5. The fourth-order valence-electron chi connectivity index (χ4n) is 3.33. The number of aliphatic carboxylic acids is 1. The number of carboxylic acids is 1. The zero-order valence-corrected chi connectivity index (χ0v) is 16.6. The van der Waals surface area contributed by atoms with Crippen LogP contribution in [0.5, 0.6) is 0 Å². The van der Waals surface area contributed by atoms with Crippen LogP contribution in [0.25, 0.3) is 0 Å². The van der Waals surface area contributed by atoms with Crippen LogP contribution in [-0.2, 0) is 14.3 Å². The molecule has 0 aliphatic heterocycles. The normalized spacial score (nSPS) is 21.5. The molecule has 1 aliphatic carbocycles. The van der Waals surface area contributed by atoms with Gasteiger partial charge in [-0.1, -0.05) is 55.4 Å². The second kappa shape index (κ2) is 9.37. The van der Waals surface area contributed by atoms with Crippen molar-refractivity contribution in [1.82, 2.24) is 0 Å². The molecule has 0 unspecified atom stereocenters. The Morgan fingerprint density at radius 3 is 2.35 bits per heavy atom. The lowest BCUT2D eigenvalue weighted by Crippen LogP contribution is -2.31. The van der Waals surface area contributed by atoms with E-state index in [1.807, 2.05) is 19.1 Å². The van der Waals surface area contributed by atoms with Gasteiger partial charge in [0.15, 0.2) is 0 Å². The Morgan fingerprint density at radius 2 is 1.81 bits per heavy atom. The summed E-state index contributed by atoms with van der Waals surface area (Å²) in [7, 11) is 0. The van der Waals surface area contributed by atoms with E-state index < -0.39 is 5.97 Å². The van der Waals surface area contributed by atoms with Crippen molar-refractivity contribution >= 4 is 11.9 Å². The molecule has 0 radical (unpaired) electrons. The first-order valence-electron chi connectivity index (χ1n) is 8.83. The summed E-state index contributed by atoms with van der Waals surface area (Å²) in [5.41, 5.74) is 4.22. The van der Waals surface area contributed by atoms with Gasteiger partial charge in [0.25, 0.3) is 0 Å². The highest BCUT2D eigenvalue weighted by atomic mass is 16.5. The lowest BCUT2D eigenvalue weighted by molar-refractivity contribution is -0.147. The van der Waals surface area contributed by atoms with Crippen molar-refractivity contribution in [3.8, 4) is 0 Å². The molecular weight excluding hydrogens is 328 g/mol. The molecule has 4 nitrogen and oxygen atoms in total. The molecule has 0 amide bonds. The predicted molar refractivity (Wildman–Crippen MR) is 105 cm³/mol. The van der Waals surface area contributed by atoms with Gasteiger partial charge in [-0.05, 0) is 43.8 Å². The number of carboxylic acid groups (broad SMARTS) is 1. The molecule has 1 aliphatic rings. The van der Waals surface area contributed by atoms with E-state index in [0.717, 1.165) is 18.4 Å². The molecule has 1 atom stereocenters. The van der Waals surface area contributed by atoms with Crippen molar-refractivity contribution in [2.24, 2.45) is 5.41 Å². The zero-order valence-electron chi connectivity index (χ0n) is 16.6. The van der Waals surface area contributed by atoms with Crippen LogP contribution >= 0.6 is 0 Å². The van der Waals surface area contributed by atoms with Gasteiger partial charge in [0.05, 0.1) is 0 Å². The van der Waals surface area contributed by atoms with E-state index >= 15 is 0 Å². The molecule has 1 rings (SSSR count). The van der Waals surface area contributed by atoms with Crippen molar-refractivity contribution < 1.29 is 19.4 Å². The first-order valence-corrected chi connectivity index (χ1v) is 8.83. The number of carbonyl (C=O) groups excluding carboxylic acids is 1. The third kappa shape index (κ3) is 7.26. The molecule has 142 valence electrons. The molecule has 0 bridgehead atoms. The maximum atomic E-state index is 11.2. The van der Waals surface area contributed by atoms with E-state index in [1.165, 1.54) is 24.1 Å². The lowest BCUT2D eigenvalue weighted by Gasteiger charge is -2.37. The highest BCUT2D eigenvalue weighted by Gasteiger charge is 2.33. The molecule has 4 heteroatoms. The highest BCUT2D eigenvalue weighted by molar-refractivity contribution is 5.81. The topological polar surface area (TPSA) is 63.6 Å². The third-order valence-corrected chi connectivity index (χ3v) is 4.38. The fraction of sp³-hybridized carbons (Fsp3) is 0.455. The average molecular weight is 358 g/mol. The van der Waals surface area contributed by atoms with Gasteiger partial charge in [-0.15, -0.1) is 0 Å². The van der Waals surface area contributed by atoms with Crippen LogP contribution in [-0.4, -0.2) is 23.1 Å². The summed E-state index contributed by atoms with van der Waals surface area (Å²) in [5.74, 6) is -1.17. The van der Waals surface area contributed by atoms with Crippen LogP contribution in [0.4, 0.5) is 0 Å². The maximum absolute atomic E-state index is 11.2. The summed E-state index contributed by atoms with van der Waals surface area (Å²) in [4.78, 5) is 21.8. The highest BCUT2D eigenvalue weighted by Crippen LogP contribution is 2.42. The van der Waals surface area contributed by atoms with E-state index in [0.29, 0.717) is 5.57 Å². The average Bonchev–Trinajstić information content (AvgIpc) is 2.43. The second-order valence-electron chi connectivity index (χ2n) is 7.55. The van der Waals surface area contributed by atoms with E-state index in [1.54, 1.807) is 13.0 Å². The summed E-state index contributed by atoms with van der Waals surface area (Å²) in [6, 6.07) is 0. The van der Waals surface area contributed by atoms with Gasteiger partial charge in [0, 0.05) is 19.4 Å². The minimum atomic E-state index is -0.943. The lowest BCUT2D eigenvalue weighted by atomic mass is 9.71. The van der Waals surface area contributed by atoms with Gasteiger partial charge in [0.1, 0.15) is 6.10 Å². The van der Waals surface area contributed by atoms with Gasteiger partial charge in [-0.2, -0.15) is 0 Å². The molecule has 0 aromatic rings. The number of hydrogen-bond donors (Lipinski definition) is 1. The summed E-state index contributed by atoms with van der Waals surface area (Å²) in [6.45, 7) is 11.6. The number of ether oxygens (including phenoxy) is 1. The van der Waals surface area contributed by atoms with Crippen molar-refractivity contribution in [3.63, 3.8) is 0 Å². The van der Waals surface area contributed by atoms with E-state index in [4.69, 9.17) is 9.84 Å². The van der Waals surface area contributed by atoms with E-state index in [2.05, 4.69) is 32.9 Å². The van der Waals surface area contributed by atoms with E-state index in [9.17, 15) is 9.59 Å². The Labute approximate surface area is 156 Å². The summed E-state index contributed by atoms with van der Waals surface area (Å²) >= 11 is 0. The number of allylic oxidation sites excluding steroid dienone is 8. The van der Waals surface area contributed by atoms with Crippen molar-refractivity contribution in [2.75, 3.05) is 0 Å². The monoisotopic (exact) mass is 358 g/mol. The van der Waals surface area contributed by atoms with Gasteiger partial charge < -0.3 is 9.84 Å². The number of carbonyl (C=O) groups is 2. The van der Waals surface area contributed by atoms with Crippen molar-refractivity contribution in [1.29, 1.82) is 0 Å². The fourth-order valence-corrected chi connectivity index (χ4v) is 3.33. The Kier molecular flexibility index (Phi) is 7.81. The Bertz CT molecular complexity index is 700. The predicted octanol–water partition coefficient (Wildman–Crippen LogP) is 5.14. The molecule has 0 aromatic carbocycles. The Hall–Kier alpha value is -2.36. The summed E-state index contributed by atoms with van der Waals surface area (Å²) in [5, 5.41) is 8.69. The quantitative estimate of drug-likeness (QED) is 0.405. The first-order chi connectivity index (χ1) is 12.0. The molecular formula is C22H30O4. The number of hydrogen-bond acceptors (Lipinski definition) is 3. The second-order valence-corrected chi connectivity index (χ2v) is 7.55. The van der Waals surface area contributed by atoms with Crippen LogP contribution < -0.4 is 0 Å². The Balaban J connectivity index is 2.88. The Morgan fingerprint density at radius 1 is 1.15 bits per heavy atom. The first kappa shape index (κ1) is 21.7. The van der Waals surface area contributed by atoms with Crippen LogP contribution in [0.3, 0.4) is 0 Å². The van der Waals surface area contributed by atoms with Crippen LogP contribution in [0.2, 0.25) is 0 Å². The largest absolute Gasteiger partial charge is 0.478 e. The number of rotatable bonds is 6. The molecule has 0 saturated heterocycles. The number of esters is 1.